The zero-order valence-corrected chi connectivity index (χ0v) is 22.4. The summed E-state index contributed by atoms with van der Waals surface area (Å²) < 4.78 is 62.0. The third kappa shape index (κ3) is 4.77. The van der Waals surface area contributed by atoms with Crippen LogP contribution in [0.4, 0.5) is 23.2 Å². The van der Waals surface area contributed by atoms with Crippen molar-refractivity contribution in [3.05, 3.63) is 24.1 Å². The molecule has 1 saturated carbocycles. The molecule has 3 aliphatic rings. The normalized spacial score (nSPS) is 25.4. The van der Waals surface area contributed by atoms with E-state index in [4.69, 9.17) is 4.52 Å². The highest BCUT2D eigenvalue weighted by atomic mass is 32.2. The maximum Gasteiger partial charge on any atom is 0.446 e. The number of likely N-dealkylation sites (tertiary alicyclic amines) is 1. The van der Waals surface area contributed by atoms with E-state index in [9.17, 15) is 18.0 Å². The van der Waals surface area contributed by atoms with Crippen molar-refractivity contribution in [1.82, 2.24) is 20.4 Å². The van der Waals surface area contributed by atoms with Crippen LogP contribution in [0.3, 0.4) is 0 Å². The third-order valence-corrected chi connectivity index (χ3v) is 9.93. The molecule has 13 heteroatoms. The number of nitrogens with zero attached hydrogens (tertiary/aromatic N) is 3. The summed E-state index contributed by atoms with van der Waals surface area (Å²) in [5.74, 6) is 0.185. The molecule has 1 spiro atoms. The Bertz CT molecular complexity index is 1370. The summed E-state index contributed by atoms with van der Waals surface area (Å²) in [6, 6.07) is 4.40. The molecule has 3 atom stereocenters. The van der Waals surface area contributed by atoms with Crippen molar-refractivity contribution < 1.29 is 26.9 Å². The van der Waals surface area contributed by atoms with Crippen LogP contribution in [0, 0.1) is 5.41 Å². The van der Waals surface area contributed by atoms with E-state index < -0.39 is 23.8 Å². The molecule has 204 valence electrons. The molecule has 0 radical (unpaired) electrons. The van der Waals surface area contributed by atoms with Gasteiger partial charge in [-0.3, -0.25) is 9.69 Å². The van der Waals surface area contributed by atoms with E-state index in [1.165, 1.54) is 0 Å². The van der Waals surface area contributed by atoms with Gasteiger partial charge in [0.25, 0.3) is 0 Å². The van der Waals surface area contributed by atoms with Crippen LogP contribution in [-0.4, -0.2) is 57.8 Å². The van der Waals surface area contributed by atoms with E-state index in [2.05, 4.69) is 25.7 Å². The van der Waals surface area contributed by atoms with Crippen molar-refractivity contribution in [2.24, 2.45) is 5.41 Å². The van der Waals surface area contributed by atoms with Crippen molar-refractivity contribution in [1.29, 1.82) is 0 Å². The smallest absolute Gasteiger partial charge is 0.378 e. The molecule has 1 amide bonds. The Labute approximate surface area is 224 Å². The predicted molar refractivity (Wildman–Crippen MR) is 138 cm³/mol. The van der Waals surface area contributed by atoms with Gasteiger partial charge in [0.05, 0.1) is 26.7 Å². The van der Waals surface area contributed by atoms with Gasteiger partial charge in [0.1, 0.15) is 12.2 Å². The number of anilines is 1. The number of carbonyl (C=O) groups is 1. The molecule has 2 saturated heterocycles. The molecule has 0 bridgehead atoms. The third-order valence-electron chi connectivity index (χ3n) is 7.71. The van der Waals surface area contributed by atoms with Crippen LogP contribution >= 0.6 is 23.1 Å². The fraction of sp³-hybridized carbons (Fsp3) is 0.560. The number of thioether (sulfide) groups is 1. The second-order valence-corrected chi connectivity index (χ2v) is 12.7. The van der Waals surface area contributed by atoms with Gasteiger partial charge in [-0.05, 0) is 57.4 Å². The van der Waals surface area contributed by atoms with Crippen molar-refractivity contribution in [3.8, 4) is 10.7 Å². The molecular formula is C25H27F4N5O2S2. The lowest BCUT2D eigenvalue weighted by Gasteiger charge is -2.37. The first-order chi connectivity index (χ1) is 18.0. The molecule has 0 unspecified atom stereocenters. The van der Waals surface area contributed by atoms with Crippen molar-refractivity contribution in [3.63, 3.8) is 0 Å². The Morgan fingerprint density at radius 1 is 1.32 bits per heavy atom. The van der Waals surface area contributed by atoms with Gasteiger partial charge in [-0.15, -0.1) is 11.3 Å². The topological polar surface area (TPSA) is 83.3 Å². The molecule has 1 aromatic carbocycles. The maximum absolute atomic E-state index is 15.0. The Kier molecular flexibility index (Phi) is 6.38. The number of halogens is 4. The Balaban J connectivity index is 1.33. The molecule has 2 aromatic heterocycles. The van der Waals surface area contributed by atoms with Crippen LogP contribution in [0.2, 0.25) is 0 Å². The number of fused-ring (bicyclic) bond motifs is 1. The molecule has 6 rings (SSSR count). The van der Waals surface area contributed by atoms with E-state index in [1.54, 1.807) is 18.2 Å². The molecule has 3 aromatic rings. The fourth-order valence-corrected chi connectivity index (χ4v) is 7.49. The molecule has 2 aliphatic heterocycles. The maximum atomic E-state index is 15.0. The minimum Gasteiger partial charge on any atom is -0.378 e. The van der Waals surface area contributed by atoms with E-state index in [0.29, 0.717) is 35.2 Å². The summed E-state index contributed by atoms with van der Waals surface area (Å²) in [6.45, 7) is 5.10. The lowest BCUT2D eigenvalue weighted by molar-refractivity contribution is -0.123. The highest BCUT2D eigenvalue weighted by Crippen LogP contribution is 2.56. The summed E-state index contributed by atoms with van der Waals surface area (Å²) in [5, 5.41) is 10.5. The van der Waals surface area contributed by atoms with E-state index in [1.807, 2.05) is 13.8 Å². The minimum atomic E-state index is -4.54. The lowest BCUT2D eigenvalue weighted by atomic mass is 10.0. The number of aromatic nitrogens is 2. The van der Waals surface area contributed by atoms with Crippen LogP contribution in [0.1, 0.15) is 51.5 Å². The van der Waals surface area contributed by atoms with Crippen molar-refractivity contribution >= 4 is 44.8 Å². The van der Waals surface area contributed by atoms with Gasteiger partial charge in [-0.25, -0.2) is 4.39 Å². The SMILES string of the molecule is CC(C)N1CC[C@@H](Nc2cccc3c(SC(F)(F)F)c(-c4noc([C@H]5CC6(CC6)C(=O)N5)n4)sc23)[C@@H](F)C1. The van der Waals surface area contributed by atoms with E-state index in [-0.39, 0.29) is 50.6 Å². The number of alkyl halides is 4. The average molecular weight is 570 g/mol. The van der Waals surface area contributed by atoms with E-state index in [0.717, 1.165) is 30.7 Å². The van der Waals surface area contributed by atoms with Crippen molar-refractivity contribution in [2.45, 2.75) is 74.2 Å². The average Bonchev–Trinajstić information content (AvgIpc) is 3.17. The van der Waals surface area contributed by atoms with Crippen LogP contribution in [0.25, 0.3) is 20.8 Å². The summed E-state index contributed by atoms with van der Waals surface area (Å²) in [5.41, 5.74) is -4.32. The molecular weight excluding hydrogens is 542 g/mol. The first-order valence-electron chi connectivity index (χ1n) is 12.6. The minimum absolute atomic E-state index is 0.0194. The number of benzene rings is 1. The summed E-state index contributed by atoms with van der Waals surface area (Å²) in [6.07, 6.45) is 1.63. The second kappa shape index (κ2) is 9.37. The lowest BCUT2D eigenvalue weighted by Crippen LogP contribution is -2.50. The number of rotatable bonds is 6. The number of nitrogens with one attached hydrogen (secondary N) is 2. The Hall–Kier alpha value is -2.38. The summed E-state index contributed by atoms with van der Waals surface area (Å²) in [4.78, 5) is 19.0. The van der Waals surface area contributed by atoms with Gasteiger partial charge in [0.15, 0.2) is 0 Å². The Morgan fingerprint density at radius 2 is 2.11 bits per heavy atom. The molecule has 2 N–H and O–H groups in total. The van der Waals surface area contributed by atoms with E-state index >= 15 is 4.39 Å². The molecule has 4 heterocycles. The first kappa shape index (κ1) is 25.9. The summed E-state index contributed by atoms with van der Waals surface area (Å²) in [7, 11) is 0. The van der Waals surface area contributed by atoms with Crippen LogP contribution < -0.4 is 10.6 Å². The van der Waals surface area contributed by atoms with Crippen LogP contribution in [-0.2, 0) is 4.79 Å². The van der Waals surface area contributed by atoms with Gasteiger partial charge < -0.3 is 15.2 Å². The molecule has 3 fully saturated rings. The monoisotopic (exact) mass is 569 g/mol. The van der Waals surface area contributed by atoms with Gasteiger partial charge in [0, 0.05) is 29.4 Å². The van der Waals surface area contributed by atoms with Gasteiger partial charge >= 0.3 is 5.51 Å². The first-order valence-corrected chi connectivity index (χ1v) is 14.3. The molecule has 7 nitrogen and oxygen atoms in total. The number of hydrogen-bond acceptors (Lipinski definition) is 8. The number of piperidine rings is 1. The number of carbonyl (C=O) groups excluding carboxylic acids is 1. The second-order valence-electron chi connectivity index (χ2n) is 10.6. The van der Waals surface area contributed by atoms with Crippen molar-refractivity contribution in [2.75, 3.05) is 18.4 Å². The van der Waals surface area contributed by atoms with Gasteiger partial charge in [-0.1, -0.05) is 17.3 Å². The number of thiophene rings is 1. The standard InChI is InChI=1S/C25H27F4N5O2S2/c1-12(2)34-9-6-15(14(26)11-34)30-16-5-3-4-13-18(16)37-20(19(13)38-25(27,28)29)21-32-22(36-33-21)17-10-24(7-8-24)23(35)31-17/h3-5,12,14-15,17,30H,6-11H2,1-2H3,(H,31,35)/t14-,15+,17+/m0/s1. The van der Waals surface area contributed by atoms with Crippen LogP contribution in [0.5, 0.6) is 0 Å². The quantitative estimate of drug-likeness (QED) is 0.273. The predicted octanol–water partition coefficient (Wildman–Crippen LogP) is 6.14. The Morgan fingerprint density at radius 3 is 2.76 bits per heavy atom. The van der Waals surface area contributed by atoms with Gasteiger partial charge in [-0.2, -0.15) is 18.2 Å². The fourth-order valence-electron chi connectivity index (χ4n) is 5.38. The zero-order valence-electron chi connectivity index (χ0n) is 20.8. The van der Waals surface area contributed by atoms with Gasteiger partial charge in [0.2, 0.25) is 17.6 Å². The zero-order chi connectivity index (χ0) is 26.8. The summed E-state index contributed by atoms with van der Waals surface area (Å²) >= 11 is 0.899. The highest BCUT2D eigenvalue weighted by molar-refractivity contribution is 8.00. The molecule has 1 aliphatic carbocycles. The molecule has 38 heavy (non-hydrogen) atoms. The number of hydrogen-bond donors (Lipinski definition) is 2. The highest BCUT2D eigenvalue weighted by Gasteiger charge is 2.57. The van der Waals surface area contributed by atoms with Crippen LogP contribution in [0.15, 0.2) is 27.6 Å². The largest absolute Gasteiger partial charge is 0.446 e. The number of amides is 1.